The van der Waals surface area contributed by atoms with Crippen LogP contribution in [0.4, 0.5) is 31.1 Å². The van der Waals surface area contributed by atoms with Crippen molar-refractivity contribution in [1.82, 2.24) is 5.32 Å². The number of carboxylic acid groups (broad SMARTS) is 1. The van der Waals surface area contributed by atoms with Crippen molar-refractivity contribution in [3.63, 3.8) is 0 Å². The number of alkyl halides is 6. The number of carbonyl (C=O) groups excluding carboxylic acids is 2. The van der Waals surface area contributed by atoms with Gasteiger partial charge in [0.1, 0.15) is 5.60 Å². The molecule has 14 heteroatoms. The Morgan fingerprint density at radius 2 is 1.18 bits per heavy atom. The second-order valence-corrected chi connectivity index (χ2v) is 6.72. The van der Waals surface area contributed by atoms with Gasteiger partial charge >= 0.3 is 24.4 Å². The SMILES string of the molecule is CC(C)(C)OC(=O)NCC(=O)[C@@](C)(O)C(F)(F)F.C[C@@](O)(C(=O)O)C(F)(F)F. The molecule has 0 aliphatic carbocycles. The van der Waals surface area contributed by atoms with Crippen molar-refractivity contribution in [2.75, 3.05) is 6.54 Å². The van der Waals surface area contributed by atoms with Crippen LogP contribution >= 0.6 is 0 Å². The van der Waals surface area contributed by atoms with E-state index >= 15 is 0 Å². The van der Waals surface area contributed by atoms with Crippen molar-refractivity contribution in [2.45, 2.75) is 63.8 Å². The van der Waals surface area contributed by atoms with Crippen LogP contribution in [0, 0.1) is 0 Å². The fourth-order valence-electron chi connectivity index (χ4n) is 0.918. The zero-order chi connectivity index (χ0) is 23.4. The molecule has 0 spiro atoms. The number of carboxylic acids is 1. The lowest BCUT2D eigenvalue weighted by molar-refractivity contribution is -0.253. The molecule has 0 bridgehead atoms. The molecule has 0 fully saturated rings. The monoisotopic (exact) mass is 429 g/mol. The Morgan fingerprint density at radius 1 is 0.821 bits per heavy atom. The Hall–Kier alpha value is -2.09. The predicted octanol–water partition coefficient (Wildman–Crippen LogP) is 1.78. The Labute approximate surface area is 155 Å². The number of halogens is 6. The number of amides is 1. The summed E-state index contributed by atoms with van der Waals surface area (Å²) in [7, 11) is 0. The molecule has 28 heavy (non-hydrogen) atoms. The highest BCUT2D eigenvalue weighted by atomic mass is 19.4. The van der Waals surface area contributed by atoms with Gasteiger partial charge in [-0.1, -0.05) is 0 Å². The van der Waals surface area contributed by atoms with Gasteiger partial charge in [0.2, 0.25) is 5.60 Å². The van der Waals surface area contributed by atoms with Crippen LogP contribution in [-0.2, 0) is 14.3 Å². The largest absolute Gasteiger partial charge is 0.479 e. The van der Waals surface area contributed by atoms with E-state index in [0.717, 1.165) is 0 Å². The Bertz CT molecular complexity index is 576. The number of Topliss-reactive ketones (excluding diaryl/α,β-unsaturated/α-hetero) is 1. The smallest absolute Gasteiger partial charge is 0.427 e. The van der Waals surface area contributed by atoms with Crippen LogP contribution in [0.15, 0.2) is 0 Å². The number of alkyl carbamates (subject to hydrolysis) is 1. The van der Waals surface area contributed by atoms with Gasteiger partial charge < -0.3 is 25.4 Å². The molecule has 0 saturated carbocycles. The van der Waals surface area contributed by atoms with E-state index in [9.17, 15) is 40.7 Å². The lowest BCUT2D eigenvalue weighted by Gasteiger charge is -2.25. The minimum Gasteiger partial charge on any atom is -0.479 e. The first-order valence-electron chi connectivity index (χ1n) is 7.28. The molecule has 0 aliphatic heterocycles. The number of ketones is 1. The third-order valence-corrected chi connectivity index (χ3v) is 2.86. The lowest BCUT2D eigenvalue weighted by atomic mass is 10.0. The molecule has 4 N–H and O–H groups in total. The van der Waals surface area contributed by atoms with Gasteiger partial charge in [-0.05, 0) is 34.6 Å². The van der Waals surface area contributed by atoms with Gasteiger partial charge in [0.05, 0.1) is 6.54 Å². The van der Waals surface area contributed by atoms with Crippen molar-refractivity contribution in [2.24, 2.45) is 0 Å². The molecule has 1 amide bonds. The first-order valence-corrected chi connectivity index (χ1v) is 7.28. The highest BCUT2D eigenvalue weighted by Crippen LogP contribution is 2.30. The molecule has 0 aliphatic rings. The number of aliphatic carboxylic acids is 1. The first-order chi connectivity index (χ1) is 12.0. The number of rotatable bonds is 4. The Morgan fingerprint density at radius 3 is 1.39 bits per heavy atom. The summed E-state index contributed by atoms with van der Waals surface area (Å²) in [6.07, 6.45) is -11.3. The summed E-state index contributed by atoms with van der Waals surface area (Å²) in [4.78, 5) is 31.9. The number of ether oxygens (including phenoxy) is 1. The fraction of sp³-hybridized carbons (Fsp3) is 0.786. The van der Waals surface area contributed by atoms with E-state index in [1.165, 1.54) is 0 Å². The number of hydrogen-bond acceptors (Lipinski definition) is 6. The molecule has 8 nitrogen and oxygen atoms in total. The number of nitrogens with one attached hydrogen (secondary N) is 1. The van der Waals surface area contributed by atoms with Gasteiger partial charge in [0.25, 0.3) is 5.60 Å². The summed E-state index contributed by atoms with van der Waals surface area (Å²) in [5.74, 6) is -3.87. The van der Waals surface area contributed by atoms with Crippen LogP contribution in [0.3, 0.4) is 0 Å². The summed E-state index contributed by atoms with van der Waals surface area (Å²) in [6.45, 7) is 4.20. The zero-order valence-electron chi connectivity index (χ0n) is 15.4. The predicted molar refractivity (Wildman–Crippen MR) is 80.2 cm³/mol. The molecule has 0 aromatic rings. The summed E-state index contributed by atoms with van der Waals surface area (Å²) in [6, 6.07) is 0. The van der Waals surface area contributed by atoms with Crippen LogP contribution in [0.1, 0.15) is 34.6 Å². The number of aliphatic hydroxyl groups is 2. The quantitative estimate of drug-likeness (QED) is 0.501. The molecule has 0 unspecified atom stereocenters. The summed E-state index contributed by atoms with van der Waals surface area (Å²) in [5.41, 5.74) is -7.98. The molecule has 2 atom stereocenters. The topological polar surface area (TPSA) is 133 Å². The van der Waals surface area contributed by atoms with Gasteiger partial charge in [-0.2, -0.15) is 26.3 Å². The van der Waals surface area contributed by atoms with E-state index in [1.54, 1.807) is 20.8 Å². The summed E-state index contributed by atoms with van der Waals surface area (Å²) in [5, 5.41) is 26.9. The number of carbonyl (C=O) groups is 3. The van der Waals surface area contributed by atoms with Gasteiger partial charge in [-0.25, -0.2) is 9.59 Å². The van der Waals surface area contributed by atoms with Crippen molar-refractivity contribution in [3.8, 4) is 0 Å². The maximum absolute atomic E-state index is 12.3. The second-order valence-electron chi connectivity index (χ2n) is 6.72. The molecular weight excluding hydrogens is 408 g/mol. The highest BCUT2D eigenvalue weighted by Gasteiger charge is 2.56. The van der Waals surface area contributed by atoms with Crippen molar-refractivity contribution < 1.29 is 60.8 Å². The van der Waals surface area contributed by atoms with Gasteiger partial charge in [0.15, 0.2) is 5.78 Å². The summed E-state index contributed by atoms with van der Waals surface area (Å²) < 4.78 is 75.9. The van der Waals surface area contributed by atoms with Crippen LogP contribution in [0.2, 0.25) is 0 Å². The van der Waals surface area contributed by atoms with Crippen LogP contribution < -0.4 is 5.32 Å². The van der Waals surface area contributed by atoms with E-state index in [-0.39, 0.29) is 6.92 Å². The molecule has 166 valence electrons. The van der Waals surface area contributed by atoms with E-state index in [4.69, 9.17) is 20.1 Å². The van der Waals surface area contributed by atoms with Crippen LogP contribution in [0.25, 0.3) is 0 Å². The average Bonchev–Trinajstić information content (AvgIpc) is 2.40. The number of hydrogen-bond donors (Lipinski definition) is 4. The minimum absolute atomic E-state index is 0.176. The third kappa shape index (κ3) is 8.73. The van der Waals surface area contributed by atoms with Gasteiger partial charge in [-0.3, -0.25) is 4.79 Å². The lowest BCUT2D eigenvalue weighted by Crippen LogP contribution is -2.53. The Kier molecular flexibility index (Phi) is 8.98. The Balaban J connectivity index is 0. The normalized spacial score (nSPS) is 16.6. The zero-order valence-corrected chi connectivity index (χ0v) is 15.4. The first kappa shape index (κ1) is 28.1. The summed E-state index contributed by atoms with van der Waals surface area (Å²) >= 11 is 0. The van der Waals surface area contributed by atoms with Crippen molar-refractivity contribution in [3.05, 3.63) is 0 Å². The minimum atomic E-state index is -5.13. The van der Waals surface area contributed by atoms with Crippen LogP contribution in [-0.4, -0.2) is 68.9 Å². The molecule has 0 aromatic heterocycles. The maximum atomic E-state index is 12.3. The van der Waals surface area contributed by atoms with E-state index < -0.39 is 53.5 Å². The third-order valence-electron chi connectivity index (χ3n) is 2.86. The molecule has 0 radical (unpaired) electrons. The highest BCUT2D eigenvalue weighted by molar-refractivity contribution is 5.91. The van der Waals surface area contributed by atoms with Crippen LogP contribution in [0.5, 0.6) is 0 Å². The van der Waals surface area contributed by atoms with Crippen molar-refractivity contribution >= 4 is 17.8 Å². The molecule has 0 aromatic carbocycles. The van der Waals surface area contributed by atoms with Gasteiger partial charge in [-0.15, -0.1) is 0 Å². The average molecular weight is 429 g/mol. The molecule has 0 rings (SSSR count). The standard InChI is InChI=1S/C10H16F3NO4.C4H5F3O3/c1-8(2,3)18-7(16)14-5-6(15)9(4,17)10(11,12)13;1-3(10,2(8)9)4(5,6)7/h17H,5H2,1-4H3,(H,14,16);10H,1H3,(H,8,9)/t9-;3-/m11/s1. The molecule has 0 saturated heterocycles. The van der Waals surface area contributed by atoms with E-state index in [0.29, 0.717) is 6.92 Å². The second kappa shape index (κ2) is 8.94. The van der Waals surface area contributed by atoms with Gasteiger partial charge in [0, 0.05) is 0 Å². The van der Waals surface area contributed by atoms with E-state index in [1.807, 2.05) is 5.32 Å². The molecular formula is C14H21F6NO7. The van der Waals surface area contributed by atoms with E-state index in [2.05, 4.69) is 0 Å². The fourth-order valence-corrected chi connectivity index (χ4v) is 0.918. The molecule has 0 heterocycles. The van der Waals surface area contributed by atoms with Crippen molar-refractivity contribution in [1.29, 1.82) is 0 Å². The maximum Gasteiger partial charge on any atom is 0.427 e.